The fourth-order valence-corrected chi connectivity index (χ4v) is 2.67. The van der Waals surface area contributed by atoms with Gasteiger partial charge in [0.05, 0.1) is 0 Å². The third-order valence-corrected chi connectivity index (χ3v) is 3.54. The molecule has 1 saturated carbocycles. The minimum Gasteiger partial charge on any atom is -0.373 e. The number of hydrogen-bond acceptors (Lipinski definition) is 2. The lowest BCUT2D eigenvalue weighted by Crippen LogP contribution is -2.39. The SMILES string of the molecule is COC(C(=O)C1CCCCCC1)C(C)(C)C. The lowest BCUT2D eigenvalue weighted by atomic mass is 9.80. The predicted molar refractivity (Wildman–Crippen MR) is 66.5 cm³/mol. The van der Waals surface area contributed by atoms with Crippen LogP contribution >= 0.6 is 0 Å². The van der Waals surface area contributed by atoms with E-state index in [0.717, 1.165) is 12.8 Å². The van der Waals surface area contributed by atoms with Gasteiger partial charge in [0.1, 0.15) is 6.10 Å². The van der Waals surface area contributed by atoms with Gasteiger partial charge >= 0.3 is 0 Å². The van der Waals surface area contributed by atoms with Crippen molar-refractivity contribution in [1.29, 1.82) is 0 Å². The summed E-state index contributed by atoms with van der Waals surface area (Å²) in [5, 5.41) is 0. The van der Waals surface area contributed by atoms with E-state index in [1.165, 1.54) is 25.7 Å². The van der Waals surface area contributed by atoms with Gasteiger partial charge in [-0.2, -0.15) is 0 Å². The molecule has 0 N–H and O–H groups in total. The zero-order valence-electron chi connectivity index (χ0n) is 11.2. The van der Waals surface area contributed by atoms with Crippen LogP contribution in [0.3, 0.4) is 0 Å². The zero-order chi connectivity index (χ0) is 12.2. The number of ether oxygens (including phenoxy) is 1. The molecule has 2 heteroatoms. The van der Waals surface area contributed by atoms with Crippen molar-refractivity contribution in [2.75, 3.05) is 7.11 Å². The lowest BCUT2D eigenvalue weighted by Gasteiger charge is -2.30. The second-order valence-electron chi connectivity index (χ2n) is 6.07. The van der Waals surface area contributed by atoms with Crippen molar-refractivity contribution in [2.24, 2.45) is 11.3 Å². The summed E-state index contributed by atoms with van der Waals surface area (Å²) >= 11 is 0. The zero-order valence-corrected chi connectivity index (χ0v) is 11.2. The third kappa shape index (κ3) is 3.58. The second kappa shape index (κ2) is 5.81. The van der Waals surface area contributed by atoms with Crippen LogP contribution in [-0.4, -0.2) is 19.0 Å². The van der Waals surface area contributed by atoms with E-state index in [9.17, 15) is 4.79 Å². The van der Waals surface area contributed by atoms with Crippen LogP contribution in [0.15, 0.2) is 0 Å². The summed E-state index contributed by atoms with van der Waals surface area (Å²) in [5.41, 5.74) is -0.0852. The quantitative estimate of drug-likeness (QED) is 0.687. The number of carbonyl (C=O) groups is 1. The molecule has 1 unspecified atom stereocenters. The summed E-state index contributed by atoms with van der Waals surface area (Å²) in [5.74, 6) is 0.573. The summed E-state index contributed by atoms with van der Waals surface area (Å²) in [6.07, 6.45) is 6.88. The second-order valence-corrected chi connectivity index (χ2v) is 6.07. The first-order valence-electron chi connectivity index (χ1n) is 6.53. The molecule has 2 nitrogen and oxygen atoms in total. The summed E-state index contributed by atoms with van der Waals surface area (Å²) in [6, 6.07) is 0. The molecule has 1 aliphatic carbocycles. The maximum atomic E-state index is 12.4. The van der Waals surface area contributed by atoms with Gasteiger partial charge in [-0.05, 0) is 18.3 Å². The minimum absolute atomic E-state index is 0.0852. The number of Topliss-reactive ketones (excluding diaryl/α,β-unsaturated/α-hetero) is 1. The highest BCUT2D eigenvalue weighted by Gasteiger charge is 2.35. The first kappa shape index (κ1) is 13.7. The van der Waals surface area contributed by atoms with Crippen LogP contribution in [0.25, 0.3) is 0 Å². The van der Waals surface area contributed by atoms with E-state index in [-0.39, 0.29) is 17.4 Å². The Balaban J connectivity index is 2.66. The molecule has 0 aromatic rings. The smallest absolute Gasteiger partial charge is 0.165 e. The first-order chi connectivity index (χ1) is 7.46. The number of rotatable bonds is 3. The van der Waals surface area contributed by atoms with Gasteiger partial charge in [-0.1, -0.05) is 46.5 Å². The maximum absolute atomic E-state index is 12.4. The molecule has 16 heavy (non-hydrogen) atoms. The van der Waals surface area contributed by atoms with E-state index in [1.54, 1.807) is 7.11 Å². The average molecular weight is 226 g/mol. The van der Waals surface area contributed by atoms with Crippen LogP contribution in [0.5, 0.6) is 0 Å². The summed E-state index contributed by atoms with van der Waals surface area (Å²) in [7, 11) is 1.66. The molecule has 1 atom stereocenters. The van der Waals surface area contributed by atoms with Crippen molar-refractivity contribution in [3.8, 4) is 0 Å². The molecule has 1 aliphatic rings. The predicted octanol–water partition coefficient (Wildman–Crippen LogP) is 3.59. The van der Waals surface area contributed by atoms with E-state index >= 15 is 0 Å². The molecule has 0 aliphatic heterocycles. The fourth-order valence-electron chi connectivity index (χ4n) is 2.67. The standard InChI is InChI=1S/C14H26O2/c1-14(2,3)13(16-4)12(15)11-9-7-5-6-8-10-11/h11,13H,5-10H2,1-4H3. The molecule has 0 heterocycles. The van der Waals surface area contributed by atoms with Crippen molar-refractivity contribution in [3.63, 3.8) is 0 Å². The monoisotopic (exact) mass is 226 g/mol. The van der Waals surface area contributed by atoms with Crippen molar-refractivity contribution < 1.29 is 9.53 Å². The minimum atomic E-state index is -0.240. The van der Waals surface area contributed by atoms with Crippen LogP contribution in [0.1, 0.15) is 59.3 Å². The summed E-state index contributed by atoms with van der Waals surface area (Å²) < 4.78 is 5.42. The van der Waals surface area contributed by atoms with Gasteiger partial charge in [-0.25, -0.2) is 0 Å². The number of ketones is 1. The highest BCUT2D eigenvalue weighted by Crippen LogP contribution is 2.30. The highest BCUT2D eigenvalue weighted by molar-refractivity contribution is 5.86. The van der Waals surface area contributed by atoms with Crippen molar-refractivity contribution in [1.82, 2.24) is 0 Å². The lowest BCUT2D eigenvalue weighted by molar-refractivity contribution is -0.139. The maximum Gasteiger partial charge on any atom is 0.165 e. The van der Waals surface area contributed by atoms with Gasteiger partial charge < -0.3 is 4.74 Å². The molecule has 94 valence electrons. The summed E-state index contributed by atoms with van der Waals surface area (Å²) in [4.78, 5) is 12.4. The third-order valence-electron chi connectivity index (χ3n) is 3.54. The first-order valence-corrected chi connectivity index (χ1v) is 6.53. The van der Waals surface area contributed by atoms with Crippen LogP contribution < -0.4 is 0 Å². The van der Waals surface area contributed by atoms with Crippen LogP contribution in [-0.2, 0) is 9.53 Å². The highest BCUT2D eigenvalue weighted by atomic mass is 16.5. The molecule has 0 aromatic carbocycles. The molecular weight excluding hydrogens is 200 g/mol. The van der Waals surface area contributed by atoms with Crippen LogP contribution in [0, 0.1) is 11.3 Å². The van der Waals surface area contributed by atoms with E-state index < -0.39 is 0 Å². The Labute approximate surface area is 99.8 Å². The Hall–Kier alpha value is -0.370. The largest absolute Gasteiger partial charge is 0.373 e. The van der Waals surface area contributed by atoms with Gasteiger partial charge in [0.2, 0.25) is 0 Å². The average Bonchev–Trinajstić information content (AvgIpc) is 2.44. The van der Waals surface area contributed by atoms with Crippen LogP contribution in [0.4, 0.5) is 0 Å². The summed E-state index contributed by atoms with van der Waals surface area (Å²) in [6.45, 7) is 6.24. The molecule has 1 fully saturated rings. The van der Waals surface area contributed by atoms with E-state index in [1.807, 2.05) is 0 Å². The molecule has 1 rings (SSSR count). The van der Waals surface area contributed by atoms with Gasteiger partial charge in [0.15, 0.2) is 5.78 Å². The van der Waals surface area contributed by atoms with E-state index in [0.29, 0.717) is 5.78 Å². The fraction of sp³-hybridized carbons (Fsp3) is 0.929. The van der Waals surface area contributed by atoms with Gasteiger partial charge in [0.25, 0.3) is 0 Å². The Kier molecular flexibility index (Phi) is 4.97. The Morgan fingerprint density at radius 2 is 1.62 bits per heavy atom. The molecule has 0 bridgehead atoms. The number of carbonyl (C=O) groups excluding carboxylic acids is 1. The van der Waals surface area contributed by atoms with Crippen molar-refractivity contribution >= 4 is 5.78 Å². The molecule has 0 amide bonds. The normalized spacial score (nSPS) is 21.5. The van der Waals surface area contributed by atoms with Crippen molar-refractivity contribution in [3.05, 3.63) is 0 Å². The molecule has 0 aromatic heterocycles. The Morgan fingerprint density at radius 3 is 2.00 bits per heavy atom. The van der Waals surface area contributed by atoms with Gasteiger partial charge in [-0.3, -0.25) is 4.79 Å². The molecule has 0 saturated heterocycles. The molecule has 0 spiro atoms. The van der Waals surface area contributed by atoms with Gasteiger partial charge in [0, 0.05) is 13.0 Å². The van der Waals surface area contributed by atoms with Gasteiger partial charge in [-0.15, -0.1) is 0 Å². The van der Waals surface area contributed by atoms with E-state index in [2.05, 4.69) is 20.8 Å². The Morgan fingerprint density at radius 1 is 1.12 bits per heavy atom. The van der Waals surface area contributed by atoms with E-state index in [4.69, 9.17) is 4.74 Å². The Bertz CT molecular complexity index is 219. The topological polar surface area (TPSA) is 26.3 Å². The van der Waals surface area contributed by atoms with Crippen LogP contribution in [0.2, 0.25) is 0 Å². The molecule has 0 radical (unpaired) electrons. The molecular formula is C14H26O2. The van der Waals surface area contributed by atoms with Crippen molar-refractivity contribution in [2.45, 2.75) is 65.4 Å². The number of hydrogen-bond donors (Lipinski definition) is 0. The number of methoxy groups -OCH3 is 1.